The quantitative estimate of drug-likeness (QED) is 0.744. The summed E-state index contributed by atoms with van der Waals surface area (Å²) in [5, 5.41) is 16.4. The zero-order chi connectivity index (χ0) is 16.9. The first-order valence-corrected chi connectivity index (χ1v) is 7.91. The zero-order valence-corrected chi connectivity index (χ0v) is 13.5. The lowest BCUT2D eigenvalue weighted by molar-refractivity contribution is -0.125. The van der Waals surface area contributed by atoms with Crippen LogP contribution in [-0.4, -0.2) is 33.5 Å². The van der Waals surface area contributed by atoms with Crippen LogP contribution in [0.2, 0.25) is 0 Å². The van der Waals surface area contributed by atoms with Gasteiger partial charge in [0.15, 0.2) is 0 Å². The Labute approximate surface area is 139 Å². The van der Waals surface area contributed by atoms with Crippen molar-refractivity contribution in [3.05, 3.63) is 47.3 Å². The first-order chi connectivity index (χ1) is 11.6. The molecule has 24 heavy (non-hydrogen) atoms. The fraction of sp³-hybridized carbons (Fsp3) is 0.375. The SMILES string of the molecule is CC1C(=O)NCc2c(CNC(=O)NCCc3ccccc3)nnn21. The van der Waals surface area contributed by atoms with E-state index in [1.807, 2.05) is 30.3 Å². The lowest BCUT2D eigenvalue weighted by atomic mass is 10.1. The van der Waals surface area contributed by atoms with Crippen LogP contribution in [0.5, 0.6) is 0 Å². The van der Waals surface area contributed by atoms with E-state index in [2.05, 4.69) is 26.3 Å². The Morgan fingerprint density at radius 3 is 2.92 bits per heavy atom. The van der Waals surface area contributed by atoms with Gasteiger partial charge in [-0.1, -0.05) is 35.5 Å². The van der Waals surface area contributed by atoms with Gasteiger partial charge in [0.1, 0.15) is 11.7 Å². The number of nitrogens with one attached hydrogen (secondary N) is 3. The standard InChI is InChI=1S/C16H20N6O2/c1-11-15(23)18-10-14-13(20-21-22(11)14)9-19-16(24)17-8-7-12-5-3-2-4-6-12/h2-6,11H,7-10H2,1H3,(H,18,23)(H2,17,19,24). The highest BCUT2D eigenvalue weighted by molar-refractivity contribution is 5.80. The molecular formula is C16H20N6O2. The van der Waals surface area contributed by atoms with Crippen LogP contribution in [-0.2, 0) is 24.3 Å². The molecule has 2 aromatic rings. The zero-order valence-electron chi connectivity index (χ0n) is 13.5. The van der Waals surface area contributed by atoms with Crippen molar-refractivity contribution >= 4 is 11.9 Å². The van der Waals surface area contributed by atoms with Gasteiger partial charge >= 0.3 is 6.03 Å². The van der Waals surface area contributed by atoms with Crippen molar-refractivity contribution in [2.45, 2.75) is 32.5 Å². The minimum atomic E-state index is -0.380. The minimum absolute atomic E-state index is 0.0782. The number of rotatable bonds is 5. The lowest BCUT2D eigenvalue weighted by Gasteiger charge is -2.20. The van der Waals surface area contributed by atoms with Gasteiger partial charge in [0.05, 0.1) is 18.8 Å². The van der Waals surface area contributed by atoms with E-state index in [1.165, 1.54) is 5.56 Å². The Hall–Kier alpha value is -2.90. The van der Waals surface area contributed by atoms with Gasteiger partial charge < -0.3 is 16.0 Å². The summed E-state index contributed by atoms with van der Waals surface area (Å²) in [7, 11) is 0. The third-order valence-corrected chi connectivity index (χ3v) is 4.01. The maximum Gasteiger partial charge on any atom is 0.315 e. The third kappa shape index (κ3) is 3.53. The first-order valence-electron chi connectivity index (χ1n) is 7.91. The molecule has 8 nitrogen and oxygen atoms in total. The molecular weight excluding hydrogens is 308 g/mol. The fourth-order valence-electron chi connectivity index (χ4n) is 2.60. The molecule has 0 saturated heterocycles. The summed E-state index contributed by atoms with van der Waals surface area (Å²) < 4.78 is 1.60. The Kier molecular flexibility index (Phi) is 4.74. The van der Waals surface area contributed by atoms with E-state index in [-0.39, 0.29) is 24.5 Å². The molecule has 126 valence electrons. The van der Waals surface area contributed by atoms with Gasteiger partial charge in [0.25, 0.3) is 0 Å². The van der Waals surface area contributed by atoms with Gasteiger partial charge in [0, 0.05) is 6.54 Å². The molecule has 0 radical (unpaired) electrons. The van der Waals surface area contributed by atoms with Crippen molar-refractivity contribution in [2.24, 2.45) is 0 Å². The Balaban J connectivity index is 1.47. The van der Waals surface area contributed by atoms with Crippen LogP contribution in [0.1, 0.15) is 29.9 Å². The summed E-state index contributed by atoms with van der Waals surface area (Å²) in [6.45, 7) is 2.97. The molecule has 3 N–H and O–H groups in total. The Morgan fingerprint density at radius 1 is 1.33 bits per heavy atom. The summed E-state index contributed by atoms with van der Waals surface area (Å²) >= 11 is 0. The van der Waals surface area contributed by atoms with Crippen LogP contribution in [0.4, 0.5) is 4.79 Å². The molecule has 3 amide bonds. The van der Waals surface area contributed by atoms with Crippen LogP contribution >= 0.6 is 0 Å². The van der Waals surface area contributed by atoms with Gasteiger partial charge in [-0.2, -0.15) is 0 Å². The number of hydrogen-bond donors (Lipinski definition) is 3. The van der Waals surface area contributed by atoms with E-state index < -0.39 is 0 Å². The number of benzene rings is 1. The van der Waals surface area contributed by atoms with E-state index in [0.717, 1.165) is 12.1 Å². The smallest absolute Gasteiger partial charge is 0.315 e. The molecule has 8 heteroatoms. The molecule has 3 rings (SSSR count). The summed E-state index contributed by atoms with van der Waals surface area (Å²) in [6.07, 6.45) is 0.777. The molecule has 0 bridgehead atoms. The summed E-state index contributed by atoms with van der Waals surface area (Å²) in [4.78, 5) is 23.5. The van der Waals surface area contributed by atoms with Crippen LogP contribution < -0.4 is 16.0 Å². The summed E-state index contributed by atoms with van der Waals surface area (Å²) in [5.41, 5.74) is 2.67. The second-order valence-corrected chi connectivity index (χ2v) is 5.67. The van der Waals surface area contributed by atoms with Crippen molar-refractivity contribution < 1.29 is 9.59 Å². The molecule has 0 spiro atoms. The highest BCUT2D eigenvalue weighted by Gasteiger charge is 2.27. The number of nitrogens with zero attached hydrogens (tertiary/aromatic N) is 3. The predicted molar refractivity (Wildman–Crippen MR) is 87.0 cm³/mol. The van der Waals surface area contributed by atoms with Crippen molar-refractivity contribution in [1.29, 1.82) is 0 Å². The highest BCUT2D eigenvalue weighted by Crippen LogP contribution is 2.16. The summed E-state index contributed by atoms with van der Waals surface area (Å²) in [6, 6.07) is 9.34. The number of fused-ring (bicyclic) bond motifs is 1. The van der Waals surface area contributed by atoms with E-state index in [1.54, 1.807) is 11.6 Å². The van der Waals surface area contributed by atoms with E-state index >= 15 is 0 Å². The molecule has 1 unspecified atom stereocenters. The molecule has 0 saturated carbocycles. The van der Waals surface area contributed by atoms with Gasteiger partial charge in [-0.05, 0) is 18.9 Å². The second-order valence-electron chi connectivity index (χ2n) is 5.67. The van der Waals surface area contributed by atoms with Crippen molar-refractivity contribution in [3.63, 3.8) is 0 Å². The number of carbonyl (C=O) groups is 2. The van der Waals surface area contributed by atoms with E-state index in [4.69, 9.17) is 0 Å². The number of urea groups is 1. The molecule has 1 aliphatic rings. The summed E-state index contributed by atoms with van der Waals surface area (Å²) in [5.74, 6) is -0.0782. The molecule has 2 heterocycles. The van der Waals surface area contributed by atoms with Crippen molar-refractivity contribution in [3.8, 4) is 0 Å². The van der Waals surface area contributed by atoms with Crippen molar-refractivity contribution in [1.82, 2.24) is 30.9 Å². The molecule has 1 aliphatic heterocycles. The maximum absolute atomic E-state index is 11.9. The molecule has 1 aromatic heterocycles. The second kappa shape index (κ2) is 7.12. The normalized spacial score (nSPS) is 16.2. The number of amides is 3. The number of hydrogen-bond acceptors (Lipinski definition) is 4. The van der Waals surface area contributed by atoms with Gasteiger partial charge in [-0.15, -0.1) is 5.10 Å². The number of carbonyl (C=O) groups excluding carboxylic acids is 2. The minimum Gasteiger partial charge on any atom is -0.349 e. The van der Waals surface area contributed by atoms with Crippen LogP contribution in [0.3, 0.4) is 0 Å². The third-order valence-electron chi connectivity index (χ3n) is 4.01. The van der Waals surface area contributed by atoms with Crippen LogP contribution in [0.25, 0.3) is 0 Å². The highest BCUT2D eigenvalue weighted by atomic mass is 16.2. The monoisotopic (exact) mass is 328 g/mol. The molecule has 0 fully saturated rings. The maximum atomic E-state index is 11.9. The van der Waals surface area contributed by atoms with Gasteiger partial charge in [0.2, 0.25) is 5.91 Å². The van der Waals surface area contributed by atoms with Gasteiger partial charge in [-0.25, -0.2) is 9.48 Å². The molecule has 1 aromatic carbocycles. The Bertz CT molecular complexity index is 727. The first kappa shape index (κ1) is 16.0. The van der Waals surface area contributed by atoms with Crippen molar-refractivity contribution in [2.75, 3.05) is 6.54 Å². The predicted octanol–water partition coefficient (Wildman–Crippen LogP) is 0.511. The lowest BCUT2D eigenvalue weighted by Crippen LogP contribution is -2.39. The van der Waals surface area contributed by atoms with Crippen LogP contribution in [0, 0.1) is 0 Å². The van der Waals surface area contributed by atoms with E-state index in [9.17, 15) is 9.59 Å². The average molecular weight is 328 g/mol. The average Bonchev–Trinajstić information content (AvgIpc) is 3.01. The number of aromatic nitrogens is 3. The Morgan fingerprint density at radius 2 is 2.12 bits per heavy atom. The van der Waals surface area contributed by atoms with Gasteiger partial charge in [-0.3, -0.25) is 4.79 Å². The fourth-order valence-corrected chi connectivity index (χ4v) is 2.60. The van der Waals surface area contributed by atoms with Crippen LogP contribution in [0.15, 0.2) is 30.3 Å². The van der Waals surface area contributed by atoms with E-state index in [0.29, 0.717) is 18.8 Å². The molecule has 1 atom stereocenters. The molecule has 0 aliphatic carbocycles. The topological polar surface area (TPSA) is 101 Å². The largest absolute Gasteiger partial charge is 0.349 e.